The molecule has 0 spiro atoms. The molecule has 92 valence electrons. The molecule has 0 aliphatic heterocycles. The van der Waals surface area contributed by atoms with Gasteiger partial charge in [-0.25, -0.2) is 0 Å². The number of halogens is 2. The van der Waals surface area contributed by atoms with Gasteiger partial charge in [-0.2, -0.15) is 5.10 Å². The first-order valence-electron chi connectivity index (χ1n) is 5.46. The van der Waals surface area contributed by atoms with Gasteiger partial charge in [0.05, 0.1) is 21.9 Å². The molecule has 0 heterocycles. The van der Waals surface area contributed by atoms with E-state index in [4.69, 9.17) is 23.2 Å². The zero-order valence-electron chi connectivity index (χ0n) is 9.82. The van der Waals surface area contributed by atoms with Gasteiger partial charge in [0.15, 0.2) is 0 Å². The van der Waals surface area contributed by atoms with Gasteiger partial charge in [-0.15, -0.1) is 0 Å². The van der Waals surface area contributed by atoms with Crippen molar-refractivity contribution in [3.05, 3.63) is 63.6 Å². The Balaban J connectivity index is 2.12. The van der Waals surface area contributed by atoms with E-state index in [-0.39, 0.29) is 0 Å². The highest BCUT2D eigenvalue weighted by molar-refractivity contribution is 6.38. The largest absolute Gasteiger partial charge is 0.278 e. The summed E-state index contributed by atoms with van der Waals surface area (Å²) in [4.78, 5) is 0. The molecule has 0 aromatic heterocycles. The summed E-state index contributed by atoms with van der Waals surface area (Å²) in [5.74, 6) is 0. The number of nitrogens with one attached hydrogen (secondary N) is 1. The summed E-state index contributed by atoms with van der Waals surface area (Å²) in [5.41, 5.74) is 5.75. The van der Waals surface area contributed by atoms with Crippen LogP contribution in [0.4, 0.5) is 5.69 Å². The molecule has 1 N–H and O–H groups in total. The third kappa shape index (κ3) is 3.25. The van der Waals surface area contributed by atoms with Gasteiger partial charge in [0.2, 0.25) is 0 Å². The molecule has 0 atom stereocenters. The number of hydrogen-bond donors (Lipinski definition) is 1. The minimum Gasteiger partial charge on any atom is -0.278 e. The Kier molecular flexibility index (Phi) is 4.24. The molecule has 0 saturated heterocycles. The van der Waals surface area contributed by atoms with E-state index >= 15 is 0 Å². The second-order valence-corrected chi connectivity index (χ2v) is 4.69. The Bertz CT molecular complexity index is 560. The molecule has 2 aromatic rings. The summed E-state index contributed by atoms with van der Waals surface area (Å²) in [5, 5.41) is 5.29. The van der Waals surface area contributed by atoms with Gasteiger partial charge in [-0.1, -0.05) is 41.4 Å². The number of nitrogens with zero attached hydrogens (tertiary/aromatic N) is 1. The van der Waals surface area contributed by atoms with E-state index in [2.05, 4.69) is 10.5 Å². The van der Waals surface area contributed by atoms with Crippen molar-refractivity contribution < 1.29 is 0 Å². The molecule has 4 heteroatoms. The fraction of sp³-hybridized carbons (Fsp3) is 0.0714. The summed E-state index contributed by atoms with van der Waals surface area (Å²) in [6.45, 7) is 2.03. The highest BCUT2D eigenvalue weighted by Gasteiger charge is 2.01. The number of anilines is 1. The number of benzene rings is 2. The van der Waals surface area contributed by atoms with Crippen LogP contribution in [0, 0.1) is 6.92 Å². The smallest absolute Gasteiger partial charge is 0.0574 e. The lowest BCUT2D eigenvalue weighted by molar-refractivity contribution is 1.33. The van der Waals surface area contributed by atoms with Crippen molar-refractivity contribution in [1.29, 1.82) is 0 Å². The SMILES string of the molecule is Cc1cccc(N/N=C/c2c(Cl)cccc2Cl)c1. The predicted molar refractivity (Wildman–Crippen MR) is 78.9 cm³/mol. The minimum absolute atomic E-state index is 0.581. The van der Waals surface area contributed by atoms with Crippen LogP contribution in [0.2, 0.25) is 10.0 Å². The van der Waals surface area contributed by atoms with Crippen LogP contribution in [-0.4, -0.2) is 6.21 Å². The topological polar surface area (TPSA) is 24.4 Å². The quantitative estimate of drug-likeness (QED) is 0.636. The predicted octanol–water partition coefficient (Wildman–Crippen LogP) is 4.75. The van der Waals surface area contributed by atoms with Crippen LogP contribution in [0.3, 0.4) is 0 Å². The van der Waals surface area contributed by atoms with Crippen LogP contribution >= 0.6 is 23.2 Å². The van der Waals surface area contributed by atoms with Crippen molar-refractivity contribution in [2.24, 2.45) is 5.10 Å². The van der Waals surface area contributed by atoms with E-state index in [0.717, 1.165) is 5.69 Å². The zero-order valence-corrected chi connectivity index (χ0v) is 11.3. The van der Waals surface area contributed by atoms with E-state index in [1.165, 1.54) is 5.56 Å². The van der Waals surface area contributed by atoms with Gasteiger partial charge < -0.3 is 0 Å². The Morgan fingerprint density at radius 2 is 1.72 bits per heavy atom. The molecule has 0 fully saturated rings. The van der Waals surface area contributed by atoms with Crippen molar-refractivity contribution in [3.63, 3.8) is 0 Å². The summed E-state index contributed by atoms with van der Waals surface area (Å²) in [6.07, 6.45) is 1.62. The maximum absolute atomic E-state index is 6.03. The van der Waals surface area contributed by atoms with Crippen molar-refractivity contribution >= 4 is 35.1 Å². The molecule has 0 aliphatic carbocycles. The highest BCUT2D eigenvalue weighted by Crippen LogP contribution is 2.22. The average molecular weight is 279 g/mol. The molecule has 2 aromatic carbocycles. The molecule has 18 heavy (non-hydrogen) atoms. The molecule has 0 radical (unpaired) electrons. The van der Waals surface area contributed by atoms with Gasteiger partial charge in [-0.05, 0) is 36.8 Å². The monoisotopic (exact) mass is 278 g/mol. The Morgan fingerprint density at radius 3 is 2.39 bits per heavy atom. The lowest BCUT2D eigenvalue weighted by Gasteiger charge is -2.02. The van der Waals surface area contributed by atoms with Crippen LogP contribution in [0.5, 0.6) is 0 Å². The van der Waals surface area contributed by atoms with Crippen LogP contribution < -0.4 is 5.43 Å². The fourth-order valence-corrected chi connectivity index (χ4v) is 2.02. The van der Waals surface area contributed by atoms with Gasteiger partial charge in [0, 0.05) is 5.56 Å². The van der Waals surface area contributed by atoms with Gasteiger partial charge in [-0.3, -0.25) is 5.43 Å². The first-order chi connectivity index (χ1) is 8.66. The van der Waals surface area contributed by atoms with Crippen molar-refractivity contribution in [3.8, 4) is 0 Å². The molecule has 0 unspecified atom stereocenters. The third-order valence-corrected chi connectivity index (χ3v) is 3.06. The minimum atomic E-state index is 0.581. The number of hydrogen-bond acceptors (Lipinski definition) is 2. The molecule has 0 saturated carbocycles. The molecular formula is C14H12Cl2N2. The summed E-state index contributed by atoms with van der Waals surface area (Å²) in [6, 6.07) is 13.3. The number of rotatable bonds is 3. The maximum Gasteiger partial charge on any atom is 0.0574 e. The van der Waals surface area contributed by atoms with E-state index in [1.807, 2.05) is 31.2 Å². The molecule has 0 bridgehead atoms. The van der Waals surface area contributed by atoms with Crippen molar-refractivity contribution in [1.82, 2.24) is 0 Å². The zero-order chi connectivity index (χ0) is 13.0. The normalized spacial score (nSPS) is 10.8. The van der Waals surface area contributed by atoms with Crippen molar-refractivity contribution in [2.75, 3.05) is 5.43 Å². The summed E-state index contributed by atoms with van der Waals surface area (Å²) in [7, 11) is 0. The van der Waals surface area contributed by atoms with Crippen LogP contribution in [0.15, 0.2) is 47.6 Å². The lowest BCUT2D eigenvalue weighted by atomic mass is 10.2. The maximum atomic E-state index is 6.03. The third-order valence-electron chi connectivity index (χ3n) is 2.41. The van der Waals surface area contributed by atoms with E-state index in [0.29, 0.717) is 15.6 Å². The summed E-state index contributed by atoms with van der Waals surface area (Å²) < 4.78 is 0. The van der Waals surface area contributed by atoms with Crippen LogP contribution in [-0.2, 0) is 0 Å². The number of hydrazone groups is 1. The Morgan fingerprint density at radius 1 is 1.06 bits per heavy atom. The highest BCUT2D eigenvalue weighted by atomic mass is 35.5. The average Bonchev–Trinajstić information content (AvgIpc) is 2.33. The second kappa shape index (κ2) is 5.89. The van der Waals surface area contributed by atoms with Crippen LogP contribution in [0.1, 0.15) is 11.1 Å². The van der Waals surface area contributed by atoms with Crippen LogP contribution in [0.25, 0.3) is 0 Å². The molecule has 2 nitrogen and oxygen atoms in total. The number of aryl methyl sites for hydroxylation is 1. The Labute approximate surface area is 116 Å². The molecule has 2 rings (SSSR count). The van der Waals surface area contributed by atoms with Crippen molar-refractivity contribution in [2.45, 2.75) is 6.92 Å². The first kappa shape index (κ1) is 12.9. The van der Waals surface area contributed by atoms with Gasteiger partial charge in [0.1, 0.15) is 0 Å². The Hall–Kier alpha value is -1.51. The molecule has 0 aliphatic rings. The fourth-order valence-electron chi connectivity index (χ4n) is 1.52. The standard InChI is InChI=1S/C14H12Cl2N2/c1-10-4-2-5-11(8-10)18-17-9-12-13(15)6-3-7-14(12)16/h2-9,18H,1H3/b17-9+. The lowest BCUT2D eigenvalue weighted by Crippen LogP contribution is -1.92. The first-order valence-corrected chi connectivity index (χ1v) is 6.22. The van der Waals surface area contributed by atoms with Gasteiger partial charge >= 0.3 is 0 Å². The second-order valence-electron chi connectivity index (χ2n) is 3.87. The van der Waals surface area contributed by atoms with E-state index in [9.17, 15) is 0 Å². The summed E-state index contributed by atoms with van der Waals surface area (Å²) >= 11 is 12.1. The molecule has 0 amide bonds. The van der Waals surface area contributed by atoms with E-state index < -0.39 is 0 Å². The molecular weight excluding hydrogens is 267 g/mol. The van der Waals surface area contributed by atoms with Gasteiger partial charge in [0.25, 0.3) is 0 Å². The van der Waals surface area contributed by atoms with E-state index in [1.54, 1.807) is 24.4 Å².